The number of benzene rings is 3. The van der Waals surface area contributed by atoms with Gasteiger partial charge in [-0.3, -0.25) is 0 Å². The van der Waals surface area contributed by atoms with Crippen LogP contribution in [0.4, 0.5) is 22.7 Å². The van der Waals surface area contributed by atoms with Crippen LogP contribution in [-0.4, -0.2) is 6.17 Å². The van der Waals surface area contributed by atoms with Gasteiger partial charge in [0.1, 0.15) is 6.17 Å². The van der Waals surface area contributed by atoms with E-state index in [4.69, 9.17) is 0 Å². The Bertz CT molecular complexity index is 992. The largest absolute Gasteiger partial charge is 0.318 e. The first-order valence-corrected chi connectivity index (χ1v) is 10.8. The standard InChI is InChI=1S/C27H32N2/c1-18(2)22-13-11-14-23(19(3)4)27(22)29-21(6)28(24-15-8-7-12-20(24)5)25-16-9-10-17-26(25)29/h7-19,21H,1-6H3. The van der Waals surface area contributed by atoms with Crippen LogP contribution in [-0.2, 0) is 0 Å². The van der Waals surface area contributed by atoms with Gasteiger partial charge in [0.2, 0.25) is 0 Å². The molecule has 0 saturated carbocycles. The summed E-state index contributed by atoms with van der Waals surface area (Å²) in [7, 11) is 0. The molecule has 0 saturated heterocycles. The third-order valence-electron chi connectivity index (χ3n) is 6.11. The van der Waals surface area contributed by atoms with Crippen LogP contribution in [0.5, 0.6) is 0 Å². The highest BCUT2D eigenvalue weighted by atomic mass is 15.4. The summed E-state index contributed by atoms with van der Waals surface area (Å²) in [5, 5.41) is 0. The highest BCUT2D eigenvalue weighted by Gasteiger charge is 2.37. The van der Waals surface area contributed by atoms with Crippen molar-refractivity contribution in [2.24, 2.45) is 0 Å². The molecule has 4 rings (SSSR count). The third kappa shape index (κ3) is 3.21. The van der Waals surface area contributed by atoms with Crippen molar-refractivity contribution in [1.29, 1.82) is 0 Å². The molecule has 1 atom stereocenters. The quantitative estimate of drug-likeness (QED) is 0.451. The lowest BCUT2D eigenvalue weighted by Crippen LogP contribution is -2.36. The van der Waals surface area contributed by atoms with E-state index in [1.165, 1.54) is 39.4 Å². The molecule has 1 aliphatic rings. The summed E-state index contributed by atoms with van der Waals surface area (Å²) >= 11 is 0. The summed E-state index contributed by atoms with van der Waals surface area (Å²) in [5.74, 6) is 0.936. The monoisotopic (exact) mass is 384 g/mol. The number of hydrogen-bond acceptors (Lipinski definition) is 2. The number of aryl methyl sites for hydroxylation is 1. The van der Waals surface area contributed by atoms with Crippen molar-refractivity contribution in [1.82, 2.24) is 0 Å². The Kier molecular flexibility index (Phi) is 5.12. The van der Waals surface area contributed by atoms with Crippen LogP contribution in [0.25, 0.3) is 0 Å². The molecule has 0 radical (unpaired) electrons. The molecule has 0 fully saturated rings. The van der Waals surface area contributed by atoms with Crippen LogP contribution >= 0.6 is 0 Å². The van der Waals surface area contributed by atoms with Gasteiger partial charge in [-0.1, -0.05) is 76.2 Å². The molecule has 1 unspecified atom stereocenters. The molecule has 0 spiro atoms. The first kappa shape index (κ1) is 19.6. The summed E-state index contributed by atoms with van der Waals surface area (Å²) < 4.78 is 0. The van der Waals surface area contributed by atoms with E-state index in [0.717, 1.165) is 0 Å². The fraction of sp³-hybridized carbons (Fsp3) is 0.333. The van der Waals surface area contributed by atoms with Gasteiger partial charge in [0.05, 0.1) is 17.1 Å². The molecule has 0 amide bonds. The summed E-state index contributed by atoms with van der Waals surface area (Å²) in [5.41, 5.74) is 9.38. The summed E-state index contributed by atoms with van der Waals surface area (Å²) in [6.45, 7) is 13.7. The number of rotatable bonds is 4. The molecule has 1 heterocycles. The molecule has 2 heteroatoms. The number of para-hydroxylation sites is 4. The van der Waals surface area contributed by atoms with Crippen molar-refractivity contribution in [3.05, 3.63) is 83.4 Å². The first-order chi connectivity index (χ1) is 13.9. The van der Waals surface area contributed by atoms with Crippen LogP contribution < -0.4 is 9.80 Å². The van der Waals surface area contributed by atoms with Crippen LogP contribution in [0.15, 0.2) is 66.7 Å². The zero-order valence-electron chi connectivity index (χ0n) is 18.5. The zero-order chi connectivity index (χ0) is 20.7. The molecule has 150 valence electrons. The van der Waals surface area contributed by atoms with Crippen LogP contribution in [0.3, 0.4) is 0 Å². The average molecular weight is 385 g/mol. The lowest BCUT2D eigenvalue weighted by Gasteiger charge is -2.35. The Hall–Kier alpha value is -2.74. The molecule has 0 N–H and O–H groups in total. The average Bonchev–Trinajstić information content (AvgIpc) is 2.99. The van der Waals surface area contributed by atoms with Gasteiger partial charge in [-0.15, -0.1) is 0 Å². The molecule has 0 bridgehead atoms. The first-order valence-electron chi connectivity index (χ1n) is 10.8. The van der Waals surface area contributed by atoms with Gasteiger partial charge >= 0.3 is 0 Å². The molecular formula is C27H32N2. The predicted octanol–water partition coefficient (Wildman–Crippen LogP) is 7.88. The van der Waals surface area contributed by atoms with E-state index in [1.54, 1.807) is 0 Å². The van der Waals surface area contributed by atoms with Gasteiger partial charge in [0, 0.05) is 5.69 Å². The van der Waals surface area contributed by atoms with E-state index in [-0.39, 0.29) is 6.17 Å². The minimum absolute atomic E-state index is 0.200. The highest BCUT2D eigenvalue weighted by molar-refractivity contribution is 5.90. The Balaban J connectivity index is 1.97. The zero-order valence-corrected chi connectivity index (χ0v) is 18.5. The molecule has 2 nitrogen and oxygen atoms in total. The van der Waals surface area contributed by atoms with E-state index in [9.17, 15) is 0 Å². The topological polar surface area (TPSA) is 6.48 Å². The number of anilines is 4. The molecule has 3 aromatic carbocycles. The lowest BCUT2D eigenvalue weighted by atomic mass is 9.91. The maximum absolute atomic E-state index is 2.56. The maximum atomic E-state index is 2.56. The minimum atomic E-state index is 0.200. The lowest BCUT2D eigenvalue weighted by molar-refractivity contribution is 0.736. The summed E-state index contributed by atoms with van der Waals surface area (Å²) in [4.78, 5) is 5.05. The second-order valence-electron chi connectivity index (χ2n) is 8.74. The maximum Gasteiger partial charge on any atom is 0.108 e. The fourth-order valence-corrected chi connectivity index (χ4v) is 4.65. The Morgan fingerprint density at radius 2 is 1.10 bits per heavy atom. The fourth-order valence-electron chi connectivity index (χ4n) is 4.65. The smallest absolute Gasteiger partial charge is 0.108 e. The van der Waals surface area contributed by atoms with E-state index in [1.807, 2.05) is 0 Å². The molecule has 0 aliphatic carbocycles. The van der Waals surface area contributed by atoms with Gasteiger partial charge < -0.3 is 9.80 Å². The normalized spacial score (nSPS) is 16.1. The Morgan fingerprint density at radius 1 is 0.621 bits per heavy atom. The van der Waals surface area contributed by atoms with Gasteiger partial charge in [-0.05, 0) is 60.6 Å². The van der Waals surface area contributed by atoms with Gasteiger partial charge in [0.25, 0.3) is 0 Å². The second-order valence-corrected chi connectivity index (χ2v) is 8.74. The predicted molar refractivity (Wildman–Crippen MR) is 126 cm³/mol. The van der Waals surface area contributed by atoms with E-state index in [0.29, 0.717) is 11.8 Å². The van der Waals surface area contributed by atoms with Crippen LogP contribution in [0.2, 0.25) is 0 Å². The Labute approximate surface area is 175 Å². The van der Waals surface area contributed by atoms with Crippen molar-refractivity contribution in [2.75, 3.05) is 9.80 Å². The molecule has 1 aliphatic heterocycles. The molecule has 0 aromatic heterocycles. The van der Waals surface area contributed by atoms with Crippen molar-refractivity contribution in [2.45, 2.75) is 59.5 Å². The number of nitrogens with zero attached hydrogens (tertiary/aromatic N) is 2. The van der Waals surface area contributed by atoms with Crippen molar-refractivity contribution in [3.63, 3.8) is 0 Å². The number of hydrogen-bond donors (Lipinski definition) is 0. The van der Waals surface area contributed by atoms with Crippen LogP contribution in [0, 0.1) is 6.92 Å². The van der Waals surface area contributed by atoms with Gasteiger partial charge in [-0.2, -0.15) is 0 Å². The third-order valence-corrected chi connectivity index (χ3v) is 6.11. The second kappa shape index (κ2) is 7.59. The summed E-state index contributed by atoms with van der Waals surface area (Å²) in [6.07, 6.45) is 0.200. The SMILES string of the molecule is Cc1ccccc1N1c2ccccc2N(c2c(C(C)C)cccc2C(C)C)C1C. The van der Waals surface area contributed by atoms with Crippen molar-refractivity contribution >= 4 is 22.7 Å². The molecule has 3 aromatic rings. The van der Waals surface area contributed by atoms with E-state index < -0.39 is 0 Å². The summed E-state index contributed by atoms with van der Waals surface area (Å²) in [6, 6.07) is 24.4. The van der Waals surface area contributed by atoms with Crippen molar-refractivity contribution in [3.8, 4) is 0 Å². The number of fused-ring (bicyclic) bond motifs is 1. The Morgan fingerprint density at radius 3 is 1.62 bits per heavy atom. The minimum Gasteiger partial charge on any atom is -0.318 e. The van der Waals surface area contributed by atoms with Crippen LogP contribution in [0.1, 0.15) is 63.1 Å². The van der Waals surface area contributed by atoms with Crippen molar-refractivity contribution < 1.29 is 0 Å². The van der Waals surface area contributed by atoms with E-state index in [2.05, 4.69) is 118 Å². The highest BCUT2D eigenvalue weighted by Crippen LogP contribution is 2.51. The molecule has 29 heavy (non-hydrogen) atoms. The van der Waals surface area contributed by atoms with E-state index >= 15 is 0 Å². The molecular weight excluding hydrogens is 352 g/mol. The van der Waals surface area contributed by atoms with Gasteiger partial charge in [-0.25, -0.2) is 0 Å². The van der Waals surface area contributed by atoms with Gasteiger partial charge in [0.15, 0.2) is 0 Å².